The van der Waals surface area contributed by atoms with Crippen LogP contribution in [0.25, 0.3) is 0 Å². The van der Waals surface area contributed by atoms with Crippen LogP contribution < -0.4 is 12.4 Å². The average Bonchev–Trinajstić information content (AvgIpc) is 1.30. The molecule has 0 spiro atoms. The van der Waals surface area contributed by atoms with Crippen molar-refractivity contribution >= 4 is 0 Å². The van der Waals surface area contributed by atoms with E-state index in [1.807, 2.05) is 21.1 Å². The number of nitrogens with zero attached hydrogens (tertiary/aromatic N) is 1. The summed E-state index contributed by atoms with van der Waals surface area (Å²) in [6.07, 6.45) is 0. The molecule has 0 saturated heterocycles. The van der Waals surface area contributed by atoms with Gasteiger partial charge in [0.2, 0.25) is 0 Å². The summed E-state index contributed by atoms with van der Waals surface area (Å²) >= 11 is 0. The first kappa shape index (κ1) is 11.0. The molecule has 0 N–H and O–H groups in total. The van der Waals surface area contributed by atoms with Gasteiger partial charge in [0.1, 0.15) is 13.2 Å². The summed E-state index contributed by atoms with van der Waals surface area (Å²) < 4.78 is 12.2. The van der Waals surface area contributed by atoms with Gasteiger partial charge in [-0.25, -0.2) is 4.39 Å². The van der Waals surface area contributed by atoms with Crippen LogP contribution in [0.5, 0.6) is 0 Å². The van der Waals surface area contributed by atoms with Gasteiger partial charge in [0.25, 0.3) is 0 Å². The zero-order chi connectivity index (χ0) is 5.91. The number of hydrogen-bond donors (Lipinski definition) is 0. The number of rotatable bonds is 2. The highest BCUT2D eigenvalue weighted by atomic mass is 35.5. The summed E-state index contributed by atoms with van der Waals surface area (Å²) in [6.45, 7) is 0.392. The van der Waals surface area contributed by atoms with E-state index < -0.39 is 0 Å². The maximum Gasteiger partial charge on any atom is 0.138 e. The lowest BCUT2D eigenvalue weighted by Gasteiger charge is -2.21. The lowest BCUT2D eigenvalue weighted by atomic mass is 10.6. The zero-order valence-corrected chi connectivity index (χ0v) is 6.37. The summed E-state index contributed by atoms with van der Waals surface area (Å²) in [6, 6.07) is 0. The molecule has 1 nitrogen and oxygen atoms in total. The van der Waals surface area contributed by atoms with Gasteiger partial charge in [-0.15, -0.1) is 0 Å². The van der Waals surface area contributed by atoms with Gasteiger partial charge in [-0.3, -0.25) is 0 Å². The Morgan fingerprint density at radius 1 is 1.25 bits per heavy atom. The van der Waals surface area contributed by atoms with Crippen molar-refractivity contribution in [1.29, 1.82) is 0 Å². The van der Waals surface area contributed by atoms with Crippen LogP contribution in [0.4, 0.5) is 4.39 Å². The van der Waals surface area contributed by atoms with Crippen molar-refractivity contribution in [1.82, 2.24) is 0 Å². The second kappa shape index (κ2) is 4.10. The van der Waals surface area contributed by atoms with Crippen LogP contribution in [-0.2, 0) is 0 Å². The molecule has 0 rings (SSSR count). The van der Waals surface area contributed by atoms with Gasteiger partial charge in [0, 0.05) is 0 Å². The van der Waals surface area contributed by atoms with Crippen LogP contribution in [0.2, 0.25) is 0 Å². The second-order valence-electron chi connectivity index (χ2n) is 2.70. The Balaban J connectivity index is 0. The van der Waals surface area contributed by atoms with Gasteiger partial charge in [-0.05, 0) is 0 Å². The summed E-state index contributed by atoms with van der Waals surface area (Å²) in [5.74, 6) is 0. The van der Waals surface area contributed by atoms with Crippen LogP contribution in [-0.4, -0.2) is 38.8 Å². The summed E-state index contributed by atoms with van der Waals surface area (Å²) in [5.41, 5.74) is 0. The fourth-order valence-electron chi connectivity index (χ4n) is 0.254. The SMILES string of the molecule is C[N+](C)(C)CCF.[Cl-]. The van der Waals surface area contributed by atoms with Gasteiger partial charge in [0.15, 0.2) is 0 Å². The van der Waals surface area contributed by atoms with Crippen molar-refractivity contribution in [3.63, 3.8) is 0 Å². The molecule has 0 bridgehead atoms. The summed E-state index contributed by atoms with van der Waals surface area (Å²) in [4.78, 5) is 0. The van der Waals surface area contributed by atoms with E-state index in [1.54, 1.807) is 0 Å². The highest BCUT2D eigenvalue weighted by Crippen LogP contribution is 1.86. The van der Waals surface area contributed by atoms with Crippen molar-refractivity contribution in [2.45, 2.75) is 0 Å². The Labute approximate surface area is 56.5 Å². The van der Waals surface area contributed by atoms with E-state index in [9.17, 15) is 4.39 Å². The normalized spacial score (nSPS) is 10.5. The molecule has 0 saturated carbocycles. The van der Waals surface area contributed by atoms with Crippen molar-refractivity contribution in [2.75, 3.05) is 34.4 Å². The molecule has 0 aliphatic heterocycles. The molecule has 0 fully saturated rings. The van der Waals surface area contributed by atoms with E-state index in [1.165, 1.54) is 0 Å². The van der Waals surface area contributed by atoms with Gasteiger partial charge in [-0.1, -0.05) is 0 Å². The molecule has 0 unspecified atom stereocenters. The van der Waals surface area contributed by atoms with Crippen LogP contribution in [0.1, 0.15) is 0 Å². The van der Waals surface area contributed by atoms with Gasteiger partial charge in [0.05, 0.1) is 21.1 Å². The molecule has 0 aliphatic carbocycles. The van der Waals surface area contributed by atoms with Crippen molar-refractivity contribution in [3.8, 4) is 0 Å². The molecule has 0 aromatic heterocycles. The fraction of sp³-hybridized carbons (Fsp3) is 1.00. The molecule has 0 radical (unpaired) electrons. The fourth-order valence-corrected chi connectivity index (χ4v) is 0.254. The number of halogens is 2. The Morgan fingerprint density at radius 2 is 1.62 bits per heavy atom. The standard InChI is InChI=1S/C5H13FN.ClH/c1-7(2,3)5-4-6;/h4-5H2,1-3H3;1H/q+1;/p-1. The molecule has 52 valence electrons. The van der Waals surface area contributed by atoms with E-state index >= 15 is 0 Å². The Morgan fingerprint density at radius 3 is 1.62 bits per heavy atom. The Bertz CT molecular complexity index is 50.9. The molecule has 0 aliphatic rings. The summed E-state index contributed by atoms with van der Waals surface area (Å²) in [7, 11) is 5.92. The van der Waals surface area contributed by atoms with Crippen molar-refractivity contribution in [3.05, 3.63) is 0 Å². The predicted octanol–water partition coefficient (Wildman–Crippen LogP) is -2.33. The Hall–Kier alpha value is 0.180. The van der Waals surface area contributed by atoms with Crippen molar-refractivity contribution in [2.24, 2.45) is 0 Å². The molecule has 0 aromatic carbocycles. The molecule has 0 atom stereocenters. The zero-order valence-electron chi connectivity index (χ0n) is 5.62. The third kappa shape index (κ3) is 9.49. The maximum atomic E-state index is 11.5. The number of hydrogen-bond acceptors (Lipinski definition) is 0. The van der Waals surface area contributed by atoms with Crippen LogP contribution in [0, 0.1) is 0 Å². The second-order valence-corrected chi connectivity index (χ2v) is 2.70. The van der Waals surface area contributed by atoms with Crippen molar-refractivity contribution < 1.29 is 21.3 Å². The third-order valence-electron chi connectivity index (χ3n) is 0.755. The minimum Gasteiger partial charge on any atom is -1.00 e. The highest BCUT2D eigenvalue weighted by Gasteiger charge is 2.03. The first-order valence-electron chi connectivity index (χ1n) is 2.43. The largest absolute Gasteiger partial charge is 1.00 e. The maximum absolute atomic E-state index is 11.5. The van der Waals surface area contributed by atoms with E-state index in [0.717, 1.165) is 4.48 Å². The molecular weight excluding hydrogens is 129 g/mol. The molecular formula is C5H13ClFN. The predicted molar refractivity (Wildman–Crippen MR) is 28.9 cm³/mol. The topological polar surface area (TPSA) is 0 Å². The van der Waals surface area contributed by atoms with E-state index in [2.05, 4.69) is 0 Å². The first-order chi connectivity index (χ1) is 3.06. The molecule has 0 heterocycles. The Kier molecular flexibility index (Phi) is 5.66. The lowest BCUT2D eigenvalue weighted by Crippen LogP contribution is -3.00. The minimum atomic E-state index is -0.219. The van der Waals surface area contributed by atoms with E-state index in [4.69, 9.17) is 0 Å². The smallest absolute Gasteiger partial charge is 0.138 e. The van der Waals surface area contributed by atoms with Gasteiger partial charge < -0.3 is 16.9 Å². The highest BCUT2D eigenvalue weighted by molar-refractivity contribution is 4.19. The first-order valence-corrected chi connectivity index (χ1v) is 2.43. The van der Waals surface area contributed by atoms with E-state index in [0.29, 0.717) is 6.54 Å². The van der Waals surface area contributed by atoms with Crippen LogP contribution in [0.3, 0.4) is 0 Å². The number of quaternary nitrogens is 1. The van der Waals surface area contributed by atoms with Gasteiger partial charge in [-0.2, -0.15) is 0 Å². The molecule has 0 aromatic rings. The number of alkyl halides is 1. The lowest BCUT2D eigenvalue weighted by molar-refractivity contribution is -0.870. The van der Waals surface area contributed by atoms with Crippen LogP contribution in [0.15, 0.2) is 0 Å². The van der Waals surface area contributed by atoms with Crippen LogP contribution >= 0.6 is 0 Å². The molecule has 8 heavy (non-hydrogen) atoms. The minimum absolute atomic E-state index is 0. The quantitative estimate of drug-likeness (QED) is 0.379. The molecule has 0 amide bonds. The average molecular weight is 142 g/mol. The third-order valence-corrected chi connectivity index (χ3v) is 0.755. The summed E-state index contributed by atoms with van der Waals surface area (Å²) in [5, 5.41) is 0. The van der Waals surface area contributed by atoms with Gasteiger partial charge >= 0.3 is 0 Å². The van der Waals surface area contributed by atoms with E-state index in [-0.39, 0.29) is 19.1 Å². The monoisotopic (exact) mass is 141 g/mol. The molecule has 3 heteroatoms.